The van der Waals surface area contributed by atoms with Gasteiger partial charge in [-0.25, -0.2) is 9.97 Å². The molecule has 5 nitrogen and oxygen atoms in total. The van der Waals surface area contributed by atoms with Crippen molar-refractivity contribution >= 4 is 5.71 Å². The topological polar surface area (TPSA) is 54.5 Å². The van der Waals surface area contributed by atoms with Crippen molar-refractivity contribution in [2.75, 3.05) is 20.1 Å². The molecule has 148 valence electrons. The lowest BCUT2D eigenvalue weighted by Crippen LogP contribution is -2.28. The highest BCUT2D eigenvalue weighted by Crippen LogP contribution is 2.37. The van der Waals surface area contributed by atoms with E-state index in [-0.39, 0.29) is 0 Å². The molecule has 2 aliphatic rings. The number of aliphatic imine (C=N–C) groups is 1. The number of hydrogen-bond acceptors (Lipinski definition) is 5. The molecule has 1 saturated heterocycles. The second-order valence-corrected chi connectivity index (χ2v) is 7.93. The molecule has 29 heavy (non-hydrogen) atoms. The zero-order valence-corrected chi connectivity index (χ0v) is 16.9. The first-order valence-electron chi connectivity index (χ1n) is 10.5. The van der Waals surface area contributed by atoms with Crippen LogP contribution in [0.15, 0.2) is 52.3 Å². The summed E-state index contributed by atoms with van der Waals surface area (Å²) in [7, 11) is 1.88. The second-order valence-electron chi connectivity index (χ2n) is 7.93. The van der Waals surface area contributed by atoms with Crippen molar-refractivity contribution in [1.82, 2.24) is 14.9 Å². The number of hydrogen-bond donors (Lipinski definition) is 0. The molecule has 5 heteroatoms. The quantitative estimate of drug-likeness (QED) is 0.649. The van der Waals surface area contributed by atoms with Gasteiger partial charge in [0.15, 0.2) is 5.76 Å². The van der Waals surface area contributed by atoms with Crippen LogP contribution >= 0.6 is 0 Å². The van der Waals surface area contributed by atoms with Crippen LogP contribution in [0.2, 0.25) is 0 Å². The van der Waals surface area contributed by atoms with E-state index >= 15 is 0 Å². The first kappa shape index (κ1) is 18.3. The third kappa shape index (κ3) is 3.62. The molecule has 1 fully saturated rings. The molecule has 0 spiro atoms. The monoisotopic (exact) mass is 386 g/mol. The summed E-state index contributed by atoms with van der Waals surface area (Å²) in [5, 5.41) is 0. The first-order valence-corrected chi connectivity index (χ1v) is 10.5. The van der Waals surface area contributed by atoms with Crippen LogP contribution in [-0.4, -0.2) is 40.7 Å². The van der Waals surface area contributed by atoms with Gasteiger partial charge in [-0.1, -0.05) is 24.6 Å². The summed E-state index contributed by atoms with van der Waals surface area (Å²) in [5.41, 5.74) is 6.99. The zero-order chi connectivity index (χ0) is 19.6. The minimum atomic E-state index is 0.830. The Labute approximate surface area is 171 Å². The van der Waals surface area contributed by atoms with E-state index in [1.807, 2.05) is 13.1 Å². The van der Waals surface area contributed by atoms with E-state index in [0.29, 0.717) is 0 Å². The van der Waals surface area contributed by atoms with Crippen LogP contribution in [0.25, 0.3) is 22.6 Å². The SMILES string of the molecule is CN=C1CCc2cc(-c3cc(CN4CCCCC4)oc3-c3ccncn3)ccc21. The molecule has 3 aromatic rings. The molecule has 0 amide bonds. The van der Waals surface area contributed by atoms with Crippen molar-refractivity contribution in [3.63, 3.8) is 0 Å². The lowest BCUT2D eigenvalue weighted by atomic mass is 9.99. The van der Waals surface area contributed by atoms with Gasteiger partial charge in [-0.3, -0.25) is 9.89 Å². The fourth-order valence-corrected chi connectivity index (χ4v) is 4.56. The minimum Gasteiger partial charge on any atom is -0.457 e. The van der Waals surface area contributed by atoms with Crippen LogP contribution in [0.3, 0.4) is 0 Å². The highest BCUT2D eigenvalue weighted by molar-refractivity contribution is 6.05. The molecular formula is C24H26N4O. The Kier molecular flexibility index (Phi) is 4.98. The average Bonchev–Trinajstić information content (AvgIpc) is 3.38. The number of aromatic nitrogens is 2. The van der Waals surface area contributed by atoms with Crippen LogP contribution in [0.4, 0.5) is 0 Å². The molecule has 0 atom stereocenters. The molecule has 0 saturated carbocycles. The minimum absolute atomic E-state index is 0.830. The molecule has 0 bridgehead atoms. The maximum Gasteiger partial charge on any atom is 0.160 e. The Bertz CT molecular complexity index is 1030. The van der Waals surface area contributed by atoms with E-state index in [9.17, 15) is 0 Å². The van der Waals surface area contributed by atoms with Gasteiger partial charge in [0.05, 0.1) is 6.54 Å². The maximum atomic E-state index is 6.36. The number of fused-ring (bicyclic) bond motifs is 1. The molecule has 0 N–H and O–H groups in total. The number of nitrogens with zero attached hydrogens (tertiary/aromatic N) is 4. The van der Waals surface area contributed by atoms with Gasteiger partial charge in [0.25, 0.3) is 0 Å². The molecule has 1 aliphatic carbocycles. The molecule has 0 unspecified atom stereocenters. The Morgan fingerprint density at radius 1 is 1.03 bits per heavy atom. The van der Waals surface area contributed by atoms with Crippen molar-refractivity contribution in [3.8, 4) is 22.6 Å². The summed E-state index contributed by atoms with van der Waals surface area (Å²) in [5.74, 6) is 1.84. The van der Waals surface area contributed by atoms with Crippen molar-refractivity contribution in [2.45, 2.75) is 38.6 Å². The molecule has 1 aromatic carbocycles. The fourth-order valence-electron chi connectivity index (χ4n) is 4.56. The van der Waals surface area contributed by atoms with Gasteiger partial charge < -0.3 is 4.42 Å². The summed E-state index contributed by atoms with van der Waals surface area (Å²) < 4.78 is 6.36. The van der Waals surface area contributed by atoms with Crippen LogP contribution < -0.4 is 0 Å². The maximum absolute atomic E-state index is 6.36. The zero-order valence-electron chi connectivity index (χ0n) is 16.9. The van der Waals surface area contributed by atoms with Crippen LogP contribution in [-0.2, 0) is 13.0 Å². The average molecular weight is 386 g/mol. The lowest BCUT2D eigenvalue weighted by Gasteiger charge is -2.25. The summed E-state index contributed by atoms with van der Waals surface area (Å²) in [6, 6.07) is 10.8. The third-order valence-corrected chi connectivity index (χ3v) is 6.05. The molecule has 3 heterocycles. The largest absolute Gasteiger partial charge is 0.457 e. The van der Waals surface area contributed by atoms with E-state index < -0.39 is 0 Å². The number of piperidine rings is 1. The van der Waals surface area contributed by atoms with Crippen molar-refractivity contribution in [2.24, 2.45) is 4.99 Å². The summed E-state index contributed by atoms with van der Waals surface area (Å²) in [6.07, 6.45) is 9.32. The summed E-state index contributed by atoms with van der Waals surface area (Å²) >= 11 is 0. The van der Waals surface area contributed by atoms with Gasteiger partial charge >= 0.3 is 0 Å². The van der Waals surface area contributed by atoms with Crippen LogP contribution in [0.5, 0.6) is 0 Å². The van der Waals surface area contributed by atoms with Crippen LogP contribution in [0.1, 0.15) is 42.6 Å². The molecule has 2 aromatic heterocycles. The Balaban J connectivity index is 1.54. The van der Waals surface area contributed by atoms with E-state index in [1.54, 1.807) is 12.5 Å². The van der Waals surface area contributed by atoms with Crippen molar-refractivity contribution in [3.05, 3.63) is 59.7 Å². The number of likely N-dealkylation sites (tertiary alicyclic amines) is 1. The highest BCUT2D eigenvalue weighted by atomic mass is 16.3. The Hall–Kier alpha value is -2.79. The van der Waals surface area contributed by atoms with Crippen LogP contribution in [0, 0.1) is 0 Å². The predicted octanol–water partition coefficient (Wildman–Crippen LogP) is 4.75. The molecule has 5 rings (SSSR count). The molecular weight excluding hydrogens is 360 g/mol. The standard InChI is InChI=1S/C24H26N4O/c1-25-22-8-6-17-13-18(5-7-20(17)22)21-14-19(15-28-11-3-2-4-12-28)29-24(21)23-9-10-26-16-27-23/h5,7,9-10,13-14,16H,2-4,6,8,11-12,15H2,1H3. The van der Waals surface area contributed by atoms with Gasteiger partial charge in [0.2, 0.25) is 0 Å². The number of rotatable bonds is 4. The number of aryl methyl sites for hydroxylation is 1. The van der Waals surface area contributed by atoms with Crippen molar-refractivity contribution < 1.29 is 4.42 Å². The summed E-state index contributed by atoms with van der Waals surface area (Å²) in [6.45, 7) is 3.16. The Morgan fingerprint density at radius 2 is 1.93 bits per heavy atom. The number of benzene rings is 1. The summed E-state index contributed by atoms with van der Waals surface area (Å²) in [4.78, 5) is 15.4. The Morgan fingerprint density at radius 3 is 2.72 bits per heavy atom. The van der Waals surface area contributed by atoms with Gasteiger partial charge in [0.1, 0.15) is 17.8 Å². The number of furan rings is 1. The van der Waals surface area contributed by atoms with Gasteiger partial charge in [-0.15, -0.1) is 0 Å². The van der Waals surface area contributed by atoms with Gasteiger partial charge in [0, 0.05) is 24.5 Å². The van der Waals surface area contributed by atoms with E-state index in [1.165, 1.54) is 41.7 Å². The van der Waals surface area contributed by atoms with Gasteiger partial charge in [-0.2, -0.15) is 0 Å². The van der Waals surface area contributed by atoms with E-state index in [4.69, 9.17) is 4.42 Å². The first-order chi connectivity index (χ1) is 14.3. The fraction of sp³-hybridized carbons (Fsp3) is 0.375. The smallest absolute Gasteiger partial charge is 0.160 e. The lowest BCUT2D eigenvalue weighted by molar-refractivity contribution is 0.206. The van der Waals surface area contributed by atoms with E-state index in [2.05, 4.69) is 44.1 Å². The second kappa shape index (κ2) is 7.91. The predicted molar refractivity (Wildman–Crippen MR) is 115 cm³/mol. The molecule has 0 radical (unpaired) electrons. The third-order valence-electron chi connectivity index (χ3n) is 6.05. The molecule has 1 aliphatic heterocycles. The normalized spacial score (nSPS) is 18.3. The van der Waals surface area contributed by atoms with Crippen molar-refractivity contribution in [1.29, 1.82) is 0 Å². The van der Waals surface area contributed by atoms with Gasteiger partial charge in [-0.05, 0) is 67.6 Å². The highest BCUT2D eigenvalue weighted by Gasteiger charge is 2.22. The van der Waals surface area contributed by atoms with E-state index in [0.717, 1.165) is 55.3 Å².